The van der Waals surface area contributed by atoms with Gasteiger partial charge in [0.05, 0.1) is 24.2 Å². The molecule has 0 bridgehead atoms. The number of fused-ring (bicyclic) bond motifs is 1. The van der Waals surface area contributed by atoms with Crippen molar-refractivity contribution in [2.24, 2.45) is 11.8 Å². The number of aromatic nitrogens is 5. The van der Waals surface area contributed by atoms with Gasteiger partial charge in [-0.1, -0.05) is 18.6 Å². The first-order valence-corrected chi connectivity index (χ1v) is 15.6. The highest BCUT2D eigenvalue weighted by Gasteiger charge is 2.27. The zero-order chi connectivity index (χ0) is 28.9. The van der Waals surface area contributed by atoms with E-state index >= 15 is 0 Å². The van der Waals surface area contributed by atoms with E-state index in [0.717, 1.165) is 63.3 Å². The molecule has 1 saturated carbocycles. The first kappa shape index (κ1) is 28.9. The Morgan fingerprint density at radius 2 is 1.67 bits per heavy atom. The van der Waals surface area contributed by atoms with Gasteiger partial charge in [0.25, 0.3) is 0 Å². The summed E-state index contributed by atoms with van der Waals surface area (Å²) < 4.78 is 27.5. The van der Waals surface area contributed by atoms with Crippen molar-refractivity contribution in [3.8, 4) is 5.95 Å². The minimum atomic E-state index is -1.28. The van der Waals surface area contributed by atoms with E-state index in [9.17, 15) is 9.18 Å². The predicted octanol–water partition coefficient (Wildman–Crippen LogP) is 4.50. The molecule has 2 aliphatic heterocycles. The van der Waals surface area contributed by atoms with Crippen LogP contribution in [0.4, 0.5) is 10.3 Å². The number of ether oxygens (including phenoxy) is 2. The Morgan fingerprint density at radius 1 is 0.952 bits per heavy atom. The predicted molar refractivity (Wildman–Crippen MR) is 157 cm³/mol. The van der Waals surface area contributed by atoms with E-state index in [1.54, 1.807) is 4.57 Å². The minimum absolute atomic E-state index is 0.105. The molecule has 1 atom stereocenters. The molecular weight excluding hydrogens is 537 g/mol. The number of anilines is 1. The molecule has 3 aliphatic rings. The molecule has 1 N–H and O–H groups in total. The Hall–Kier alpha value is -3.18. The van der Waals surface area contributed by atoms with Gasteiger partial charge < -0.3 is 19.7 Å². The maximum absolute atomic E-state index is 14.8. The molecule has 11 heteroatoms. The number of nitrogens with zero attached hydrogens (tertiary/aromatic N) is 6. The quantitative estimate of drug-likeness (QED) is 0.395. The average molecular weight is 580 g/mol. The Kier molecular flexibility index (Phi) is 9.24. The van der Waals surface area contributed by atoms with E-state index in [-0.39, 0.29) is 17.9 Å². The van der Waals surface area contributed by atoms with Crippen molar-refractivity contribution in [3.63, 3.8) is 0 Å². The van der Waals surface area contributed by atoms with Crippen molar-refractivity contribution >= 4 is 22.9 Å². The van der Waals surface area contributed by atoms with Gasteiger partial charge in [0, 0.05) is 44.7 Å². The average Bonchev–Trinajstić information content (AvgIpc) is 3.43. The van der Waals surface area contributed by atoms with Crippen LogP contribution >= 0.6 is 0 Å². The van der Waals surface area contributed by atoms with Crippen LogP contribution in [-0.2, 0) is 20.7 Å². The van der Waals surface area contributed by atoms with Crippen LogP contribution in [0.1, 0.15) is 76.1 Å². The van der Waals surface area contributed by atoms with Crippen molar-refractivity contribution in [3.05, 3.63) is 35.9 Å². The third-order valence-corrected chi connectivity index (χ3v) is 8.89. The van der Waals surface area contributed by atoms with Crippen LogP contribution in [-0.4, -0.2) is 76.0 Å². The van der Waals surface area contributed by atoms with Gasteiger partial charge in [0.2, 0.25) is 17.8 Å². The second-order valence-corrected chi connectivity index (χ2v) is 11.9. The molecule has 4 heterocycles. The van der Waals surface area contributed by atoms with Crippen LogP contribution in [0, 0.1) is 11.8 Å². The number of carbonyl (C=O) groups is 1. The highest BCUT2D eigenvalue weighted by atomic mass is 19.1. The molecule has 0 radical (unpaired) electrons. The number of hydrogen-bond acceptors (Lipinski definition) is 8. The number of hydrogen-bond donors (Lipinski definition) is 1. The molecule has 3 aromatic rings. The highest BCUT2D eigenvalue weighted by Crippen LogP contribution is 2.30. The number of aryl methyl sites for hydroxylation is 1. The third kappa shape index (κ3) is 6.72. The van der Waals surface area contributed by atoms with Gasteiger partial charge in [-0.05, 0) is 69.9 Å². The SMILES string of the molecule is CC(F)c1nc2ccccc2n1-c1nc(CCCC2CCC(NC(=O)C3CCOCC3)CC2)nc(N2CCOCC2)n1. The molecule has 1 unspecified atom stereocenters. The molecule has 2 aromatic heterocycles. The maximum atomic E-state index is 14.8. The summed E-state index contributed by atoms with van der Waals surface area (Å²) in [7, 11) is 0. The fourth-order valence-electron chi connectivity index (χ4n) is 6.46. The van der Waals surface area contributed by atoms with Crippen molar-refractivity contribution in [1.29, 1.82) is 0 Å². The summed E-state index contributed by atoms with van der Waals surface area (Å²) in [4.78, 5) is 33.8. The largest absolute Gasteiger partial charge is 0.381 e. The molecule has 0 spiro atoms. The van der Waals surface area contributed by atoms with Gasteiger partial charge in [0.15, 0.2) is 12.0 Å². The number of alkyl halides is 1. The van der Waals surface area contributed by atoms with Crippen molar-refractivity contribution < 1.29 is 18.7 Å². The van der Waals surface area contributed by atoms with Gasteiger partial charge in [-0.2, -0.15) is 15.0 Å². The lowest BCUT2D eigenvalue weighted by Crippen LogP contribution is -2.42. The normalized spacial score (nSPS) is 22.8. The Bertz CT molecular complexity index is 1350. The summed E-state index contributed by atoms with van der Waals surface area (Å²) in [6, 6.07) is 7.92. The Balaban J connectivity index is 1.12. The van der Waals surface area contributed by atoms with Gasteiger partial charge in [-0.15, -0.1) is 0 Å². The number of amides is 1. The standard InChI is InChI=1S/C31H42FN7O3/c1-21(32)28-34-25-6-2-3-7-26(25)39(28)31-36-27(35-30(37-31)38-15-19-42-20-16-38)8-4-5-22-9-11-24(12-10-22)33-29(40)23-13-17-41-18-14-23/h2-3,6-7,21-24H,4-5,8-20H2,1H3,(H,33,40). The van der Waals surface area contributed by atoms with E-state index in [1.165, 1.54) is 6.92 Å². The first-order valence-electron chi connectivity index (χ1n) is 15.6. The van der Waals surface area contributed by atoms with Crippen molar-refractivity contribution in [2.45, 2.75) is 76.9 Å². The lowest BCUT2D eigenvalue weighted by Gasteiger charge is -2.31. The lowest BCUT2D eigenvalue weighted by molar-refractivity contribution is -0.128. The smallest absolute Gasteiger partial charge is 0.240 e. The van der Waals surface area contributed by atoms with Crippen LogP contribution in [0.2, 0.25) is 0 Å². The van der Waals surface area contributed by atoms with E-state index < -0.39 is 6.17 Å². The van der Waals surface area contributed by atoms with E-state index in [1.807, 2.05) is 24.3 Å². The summed E-state index contributed by atoms with van der Waals surface area (Å²) >= 11 is 0. The summed E-state index contributed by atoms with van der Waals surface area (Å²) in [6.07, 6.45) is 7.49. The minimum Gasteiger partial charge on any atom is -0.381 e. The molecule has 226 valence electrons. The van der Waals surface area contributed by atoms with Crippen molar-refractivity contribution in [2.75, 3.05) is 44.4 Å². The molecule has 42 heavy (non-hydrogen) atoms. The molecule has 10 nitrogen and oxygen atoms in total. The fraction of sp³-hybridized carbons (Fsp3) is 0.645. The number of carbonyl (C=O) groups excluding carboxylic acids is 1. The zero-order valence-electron chi connectivity index (χ0n) is 24.5. The number of benzene rings is 1. The number of rotatable bonds is 9. The molecule has 6 rings (SSSR count). The van der Waals surface area contributed by atoms with E-state index in [0.29, 0.717) is 74.5 Å². The van der Waals surface area contributed by atoms with Crippen LogP contribution in [0.25, 0.3) is 17.0 Å². The van der Waals surface area contributed by atoms with Crippen LogP contribution in [0.3, 0.4) is 0 Å². The number of para-hydroxylation sites is 2. The number of morpholine rings is 1. The molecular formula is C31H42FN7O3. The summed E-state index contributed by atoms with van der Waals surface area (Å²) in [5.74, 6) is 2.98. The van der Waals surface area contributed by atoms with Gasteiger partial charge in [0.1, 0.15) is 5.82 Å². The van der Waals surface area contributed by atoms with Gasteiger partial charge in [-0.25, -0.2) is 9.37 Å². The van der Waals surface area contributed by atoms with E-state index in [4.69, 9.17) is 24.4 Å². The summed E-state index contributed by atoms with van der Waals surface area (Å²) in [6.45, 7) is 5.52. The molecule has 2 saturated heterocycles. The van der Waals surface area contributed by atoms with Gasteiger partial charge >= 0.3 is 0 Å². The van der Waals surface area contributed by atoms with Crippen molar-refractivity contribution in [1.82, 2.24) is 29.8 Å². The number of nitrogens with one attached hydrogen (secondary N) is 1. The monoisotopic (exact) mass is 579 g/mol. The third-order valence-electron chi connectivity index (χ3n) is 8.89. The molecule has 1 aliphatic carbocycles. The zero-order valence-corrected chi connectivity index (χ0v) is 24.5. The molecule has 3 fully saturated rings. The lowest BCUT2D eigenvalue weighted by atomic mass is 9.83. The topological polar surface area (TPSA) is 107 Å². The van der Waals surface area contributed by atoms with Crippen LogP contribution in [0.5, 0.6) is 0 Å². The van der Waals surface area contributed by atoms with Crippen LogP contribution in [0.15, 0.2) is 24.3 Å². The molecule has 1 amide bonds. The van der Waals surface area contributed by atoms with E-state index in [2.05, 4.69) is 15.2 Å². The highest BCUT2D eigenvalue weighted by molar-refractivity contribution is 5.79. The first-order chi connectivity index (χ1) is 20.5. The second kappa shape index (κ2) is 13.4. The fourth-order valence-corrected chi connectivity index (χ4v) is 6.46. The van der Waals surface area contributed by atoms with Gasteiger partial charge in [-0.3, -0.25) is 9.36 Å². The van der Waals surface area contributed by atoms with Crippen LogP contribution < -0.4 is 10.2 Å². The number of halogens is 1. The molecule has 1 aromatic carbocycles. The summed E-state index contributed by atoms with van der Waals surface area (Å²) in [5, 5.41) is 3.30. The number of imidazole rings is 1. The Morgan fingerprint density at radius 3 is 2.43 bits per heavy atom. The maximum Gasteiger partial charge on any atom is 0.240 e. The second-order valence-electron chi connectivity index (χ2n) is 11.9. The summed E-state index contributed by atoms with van der Waals surface area (Å²) in [5.41, 5.74) is 1.49. The Labute approximate surface area is 246 Å².